The Labute approximate surface area is 167 Å². The molecule has 0 spiro atoms. The minimum absolute atomic E-state index is 0.306. The molecule has 0 aromatic heterocycles. The van der Waals surface area contributed by atoms with E-state index < -0.39 is 6.16 Å². The van der Waals surface area contributed by atoms with Gasteiger partial charge < -0.3 is 9.47 Å². The predicted molar refractivity (Wildman–Crippen MR) is 114 cm³/mol. The van der Waals surface area contributed by atoms with Gasteiger partial charge in [-0.05, 0) is 54.5 Å². The molecule has 146 valence electrons. The zero-order valence-electron chi connectivity index (χ0n) is 16.4. The van der Waals surface area contributed by atoms with E-state index in [4.69, 9.17) is 9.47 Å². The van der Waals surface area contributed by atoms with E-state index in [9.17, 15) is 4.79 Å². The number of carbonyl (C=O) groups is 1. The van der Waals surface area contributed by atoms with E-state index in [0.717, 1.165) is 11.1 Å². The average Bonchev–Trinajstić information content (AvgIpc) is 2.69. The zero-order chi connectivity index (χ0) is 19.3. The average molecular weight is 387 g/mol. The minimum Gasteiger partial charge on any atom is -0.434 e. The van der Waals surface area contributed by atoms with Crippen LogP contribution in [0.3, 0.4) is 0 Å². The number of hydrogen-bond donors (Lipinski definition) is 0. The number of unbranched alkanes of at least 4 members (excludes halogenated alkanes) is 5. The van der Waals surface area contributed by atoms with E-state index in [1.165, 1.54) is 49.2 Å². The molecule has 0 amide bonds. The Morgan fingerprint density at radius 3 is 2.04 bits per heavy atom. The van der Waals surface area contributed by atoms with Crippen LogP contribution in [0.15, 0.2) is 53.4 Å². The molecule has 3 nitrogen and oxygen atoms in total. The number of ether oxygens (including phenoxy) is 2. The van der Waals surface area contributed by atoms with Crippen LogP contribution >= 0.6 is 11.8 Å². The first kappa shape index (κ1) is 21.4. The lowest BCUT2D eigenvalue weighted by Gasteiger charge is -2.07. The molecule has 4 heteroatoms. The van der Waals surface area contributed by atoms with Crippen molar-refractivity contribution in [2.45, 2.75) is 57.3 Å². The quantitative estimate of drug-likeness (QED) is 0.175. The van der Waals surface area contributed by atoms with Crippen molar-refractivity contribution >= 4 is 17.9 Å². The van der Waals surface area contributed by atoms with E-state index in [2.05, 4.69) is 31.2 Å². The molecule has 0 bridgehead atoms. The Balaban J connectivity index is 1.78. The van der Waals surface area contributed by atoms with Crippen molar-refractivity contribution in [2.24, 2.45) is 0 Å². The summed E-state index contributed by atoms with van der Waals surface area (Å²) in [6.07, 6.45) is 7.37. The highest BCUT2D eigenvalue weighted by Crippen LogP contribution is 2.26. The van der Waals surface area contributed by atoms with Gasteiger partial charge in [-0.25, -0.2) is 4.79 Å². The zero-order valence-corrected chi connectivity index (χ0v) is 17.2. The van der Waals surface area contributed by atoms with Gasteiger partial charge in [0.2, 0.25) is 0 Å². The summed E-state index contributed by atoms with van der Waals surface area (Å²) in [5.41, 5.74) is 2.25. The van der Waals surface area contributed by atoms with Gasteiger partial charge in [0.25, 0.3) is 0 Å². The van der Waals surface area contributed by atoms with E-state index >= 15 is 0 Å². The largest absolute Gasteiger partial charge is 0.513 e. The monoisotopic (exact) mass is 386 g/mol. The van der Waals surface area contributed by atoms with Crippen LogP contribution in [0.5, 0.6) is 5.75 Å². The van der Waals surface area contributed by atoms with E-state index in [1.54, 1.807) is 19.1 Å². The second-order valence-electron chi connectivity index (χ2n) is 6.45. The Bertz CT molecular complexity index is 665. The van der Waals surface area contributed by atoms with Gasteiger partial charge in [-0.2, -0.15) is 0 Å². The molecule has 0 saturated heterocycles. The third kappa shape index (κ3) is 8.08. The van der Waals surface area contributed by atoms with Gasteiger partial charge in [-0.1, -0.05) is 63.3 Å². The molecule has 0 aliphatic heterocycles. The lowest BCUT2D eigenvalue weighted by Crippen LogP contribution is -2.09. The lowest BCUT2D eigenvalue weighted by atomic mass is 10.1. The normalized spacial score (nSPS) is 10.6. The molecule has 0 unspecified atom stereocenters. The fourth-order valence-corrected chi connectivity index (χ4v) is 3.69. The van der Waals surface area contributed by atoms with Crippen LogP contribution in [-0.2, 0) is 4.74 Å². The number of thioether (sulfide) groups is 1. The number of benzene rings is 2. The summed E-state index contributed by atoms with van der Waals surface area (Å²) in [6.45, 7) is 4.31. The van der Waals surface area contributed by atoms with Crippen LogP contribution in [-0.4, -0.2) is 18.5 Å². The van der Waals surface area contributed by atoms with Gasteiger partial charge in [0.05, 0.1) is 6.61 Å². The van der Waals surface area contributed by atoms with Crippen LogP contribution in [0, 0.1) is 0 Å². The molecule has 0 N–H and O–H groups in total. The van der Waals surface area contributed by atoms with Crippen LogP contribution in [0.2, 0.25) is 0 Å². The Hall–Kier alpha value is -1.94. The number of carbonyl (C=O) groups excluding carboxylic acids is 1. The molecule has 0 aliphatic rings. The maximum Gasteiger partial charge on any atom is 0.513 e. The highest BCUT2D eigenvalue weighted by atomic mass is 32.2. The van der Waals surface area contributed by atoms with Gasteiger partial charge in [0, 0.05) is 4.90 Å². The van der Waals surface area contributed by atoms with Crippen molar-refractivity contribution in [3.63, 3.8) is 0 Å². The second-order valence-corrected chi connectivity index (χ2v) is 7.62. The molecule has 2 rings (SSSR count). The van der Waals surface area contributed by atoms with Crippen LogP contribution in [0.4, 0.5) is 4.79 Å². The Morgan fingerprint density at radius 1 is 0.815 bits per heavy atom. The highest BCUT2D eigenvalue weighted by molar-refractivity contribution is 7.99. The van der Waals surface area contributed by atoms with Crippen LogP contribution in [0.25, 0.3) is 11.1 Å². The SMILES string of the molecule is CCCCCCCCSc1ccc(-c2ccc(OC(=O)OCC)cc2)cc1. The molecule has 0 radical (unpaired) electrons. The Morgan fingerprint density at radius 2 is 1.41 bits per heavy atom. The van der Waals surface area contributed by atoms with Crippen molar-refractivity contribution in [1.82, 2.24) is 0 Å². The van der Waals surface area contributed by atoms with Gasteiger partial charge in [-0.15, -0.1) is 11.8 Å². The summed E-state index contributed by atoms with van der Waals surface area (Å²) in [5.74, 6) is 1.68. The van der Waals surface area contributed by atoms with Gasteiger partial charge >= 0.3 is 6.16 Å². The van der Waals surface area contributed by atoms with Gasteiger partial charge in [-0.3, -0.25) is 0 Å². The third-order valence-corrected chi connectivity index (χ3v) is 5.37. The van der Waals surface area contributed by atoms with Crippen molar-refractivity contribution < 1.29 is 14.3 Å². The topological polar surface area (TPSA) is 35.5 Å². The third-order valence-electron chi connectivity index (χ3n) is 4.27. The molecule has 0 aliphatic carbocycles. The number of rotatable bonds is 11. The van der Waals surface area contributed by atoms with E-state index in [-0.39, 0.29) is 0 Å². The smallest absolute Gasteiger partial charge is 0.434 e. The maximum atomic E-state index is 11.3. The minimum atomic E-state index is -0.669. The summed E-state index contributed by atoms with van der Waals surface area (Å²) in [7, 11) is 0. The fourth-order valence-electron chi connectivity index (χ4n) is 2.77. The molecular weight excluding hydrogens is 356 g/mol. The fraction of sp³-hybridized carbons (Fsp3) is 0.435. The summed E-state index contributed by atoms with van der Waals surface area (Å²) in [4.78, 5) is 12.6. The standard InChI is InChI=1S/C23H30O3S/c1-3-5-6-7-8-9-18-27-22-16-12-20(13-17-22)19-10-14-21(15-11-19)26-23(24)25-4-2/h10-17H,3-9,18H2,1-2H3. The van der Waals surface area contributed by atoms with Crippen molar-refractivity contribution in [2.75, 3.05) is 12.4 Å². The second kappa shape index (κ2) is 12.4. The van der Waals surface area contributed by atoms with Gasteiger partial charge in [0.15, 0.2) is 0 Å². The first-order valence-electron chi connectivity index (χ1n) is 9.90. The molecule has 27 heavy (non-hydrogen) atoms. The summed E-state index contributed by atoms with van der Waals surface area (Å²) in [5, 5.41) is 0. The molecule has 0 heterocycles. The summed E-state index contributed by atoms with van der Waals surface area (Å²) < 4.78 is 9.86. The van der Waals surface area contributed by atoms with E-state index in [1.807, 2.05) is 23.9 Å². The molecule has 2 aromatic rings. The molecule has 0 saturated carbocycles. The van der Waals surface area contributed by atoms with Crippen molar-refractivity contribution in [3.8, 4) is 16.9 Å². The lowest BCUT2D eigenvalue weighted by molar-refractivity contribution is 0.104. The molecule has 0 atom stereocenters. The maximum absolute atomic E-state index is 11.3. The number of hydrogen-bond acceptors (Lipinski definition) is 4. The Kier molecular flexibility index (Phi) is 9.85. The molecular formula is C23H30O3S. The first-order chi connectivity index (χ1) is 13.2. The summed E-state index contributed by atoms with van der Waals surface area (Å²) in [6, 6.07) is 16.1. The van der Waals surface area contributed by atoms with Crippen molar-refractivity contribution in [1.29, 1.82) is 0 Å². The van der Waals surface area contributed by atoms with Crippen LogP contribution in [0.1, 0.15) is 52.4 Å². The predicted octanol–water partition coefficient (Wildman–Crippen LogP) is 7.34. The van der Waals surface area contributed by atoms with Crippen molar-refractivity contribution in [3.05, 3.63) is 48.5 Å². The molecule has 0 fully saturated rings. The van der Waals surface area contributed by atoms with Crippen LogP contribution < -0.4 is 4.74 Å². The van der Waals surface area contributed by atoms with Gasteiger partial charge in [0.1, 0.15) is 5.75 Å². The molecule has 2 aromatic carbocycles. The van der Waals surface area contributed by atoms with E-state index in [0.29, 0.717) is 12.4 Å². The first-order valence-corrected chi connectivity index (χ1v) is 10.9. The summed E-state index contributed by atoms with van der Waals surface area (Å²) >= 11 is 1.93. The highest BCUT2D eigenvalue weighted by Gasteiger charge is 2.05.